The number of hydrogen-bond acceptors (Lipinski definition) is 3. The minimum atomic E-state index is -0.357. The molecule has 0 saturated carbocycles. The molecule has 0 fully saturated rings. The van der Waals surface area contributed by atoms with Crippen LogP contribution in [0.4, 0.5) is 0 Å². The first-order valence-electron chi connectivity index (χ1n) is 8.41. The lowest BCUT2D eigenvalue weighted by Crippen LogP contribution is -2.06. The fraction of sp³-hybridized carbons (Fsp3) is 0.286. The van der Waals surface area contributed by atoms with Gasteiger partial charge in [-0.3, -0.25) is 0 Å². The van der Waals surface area contributed by atoms with E-state index in [2.05, 4.69) is 26.0 Å². The summed E-state index contributed by atoms with van der Waals surface area (Å²) in [6.45, 7) is 8.11. The first-order valence-corrected chi connectivity index (χ1v) is 8.41. The summed E-state index contributed by atoms with van der Waals surface area (Å²) in [6, 6.07) is 9.72. The van der Waals surface area contributed by atoms with Gasteiger partial charge in [0.2, 0.25) is 0 Å². The quantitative estimate of drug-likeness (QED) is 0.708. The summed E-state index contributed by atoms with van der Waals surface area (Å²) in [4.78, 5) is 12.3. The van der Waals surface area contributed by atoms with E-state index in [1.165, 1.54) is 11.1 Å². The summed E-state index contributed by atoms with van der Waals surface area (Å²) in [7, 11) is 1.92. The molecule has 0 unspecified atom stereocenters. The highest BCUT2D eigenvalue weighted by Gasteiger charge is 2.21. The molecule has 0 amide bonds. The Hall–Kier alpha value is -2.75. The lowest BCUT2D eigenvalue weighted by atomic mass is 9.98. The number of aryl methyl sites for hydroxylation is 3. The van der Waals surface area contributed by atoms with Crippen LogP contribution in [0, 0.1) is 20.8 Å². The van der Waals surface area contributed by atoms with Crippen molar-refractivity contribution in [3.8, 4) is 16.9 Å². The second kappa shape index (κ2) is 6.28. The molecule has 25 heavy (non-hydrogen) atoms. The summed E-state index contributed by atoms with van der Waals surface area (Å²) in [6.07, 6.45) is 0. The zero-order valence-corrected chi connectivity index (χ0v) is 15.3. The van der Waals surface area contributed by atoms with Crippen LogP contribution in [0.15, 0.2) is 30.3 Å². The van der Waals surface area contributed by atoms with E-state index in [4.69, 9.17) is 4.74 Å². The van der Waals surface area contributed by atoms with Gasteiger partial charge in [0.1, 0.15) is 5.75 Å². The van der Waals surface area contributed by atoms with E-state index >= 15 is 0 Å². The van der Waals surface area contributed by atoms with Gasteiger partial charge in [0, 0.05) is 29.2 Å². The molecule has 0 bridgehead atoms. The number of rotatable bonds is 3. The average Bonchev–Trinajstić information content (AvgIpc) is 2.80. The largest absolute Gasteiger partial charge is 0.507 e. The first kappa shape index (κ1) is 17.1. The number of aromatic hydroxyl groups is 1. The average molecular weight is 337 g/mol. The molecule has 0 aliphatic rings. The fourth-order valence-electron chi connectivity index (χ4n) is 3.20. The Morgan fingerprint density at radius 1 is 1.12 bits per heavy atom. The highest BCUT2D eigenvalue weighted by atomic mass is 16.5. The molecule has 4 nitrogen and oxygen atoms in total. The zero-order chi connectivity index (χ0) is 18.3. The van der Waals surface area contributed by atoms with Crippen molar-refractivity contribution in [1.82, 2.24) is 4.57 Å². The maximum atomic E-state index is 12.3. The van der Waals surface area contributed by atoms with E-state index in [0.29, 0.717) is 17.6 Å². The molecule has 0 aliphatic heterocycles. The second-order valence-electron chi connectivity index (χ2n) is 6.43. The lowest BCUT2D eigenvalue weighted by molar-refractivity contribution is 0.0527. The number of fused-ring (bicyclic) bond motifs is 1. The van der Waals surface area contributed by atoms with Gasteiger partial charge in [-0.1, -0.05) is 18.2 Å². The molecular formula is C21H23NO3. The van der Waals surface area contributed by atoms with Crippen molar-refractivity contribution in [3.05, 3.63) is 52.7 Å². The van der Waals surface area contributed by atoms with Crippen molar-refractivity contribution in [3.63, 3.8) is 0 Å². The lowest BCUT2D eigenvalue weighted by Gasteiger charge is -2.09. The summed E-state index contributed by atoms with van der Waals surface area (Å²) in [5.74, 6) is -0.198. The number of hydrogen-bond donors (Lipinski definition) is 1. The number of benzene rings is 2. The molecule has 1 heterocycles. The molecule has 3 rings (SSSR count). The molecular weight excluding hydrogens is 314 g/mol. The summed E-state index contributed by atoms with van der Waals surface area (Å²) in [5, 5.41) is 11.3. The predicted molar refractivity (Wildman–Crippen MR) is 100 cm³/mol. The predicted octanol–water partition coefficient (Wildman–Crippen LogP) is 4.65. The van der Waals surface area contributed by atoms with E-state index in [-0.39, 0.29) is 11.7 Å². The molecule has 2 aromatic carbocycles. The van der Waals surface area contributed by atoms with Crippen molar-refractivity contribution in [2.24, 2.45) is 7.05 Å². The maximum Gasteiger partial charge on any atom is 0.340 e. The van der Waals surface area contributed by atoms with Gasteiger partial charge < -0.3 is 14.4 Å². The Kier molecular flexibility index (Phi) is 4.29. The molecule has 0 spiro atoms. The third kappa shape index (κ3) is 2.78. The third-order valence-corrected chi connectivity index (χ3v) is 4.91. The summed E-state index contributed by atoms with van der Waals surface area (Å²) >= 11 is 0. The Labute approximate surface area is 147 Å². The van der Waals surface area contributed by atoms with Crippen molar-refractivity contribution in [2.45, 2.75) is 27.7 Å². The van der Waals surface area contributed by atoms with Gasteiger partial charge in [-0.2, -0.15) is 0 Å². The molecule has 0 aliphatic carbocycles. The van der Waals surface area contributed by atoms with Crippen LogP contribution in [-0.2, 0) is 11.8 Å². The fourth-order valence-corrected chi connectivity index (χ4v) is 3.20. The van der Waals surface area contributed by atoms with E-state index in [9.17, 15) is 9.90 Å². The van der Waals surface area contributed by atoms with Crippen LogP contribution >= 0.6 is 0 Å². The minimum Gasteiger partial charge on any atom is -0.507 e. The molecule has 0 radical (unpaired) electrons. The Morgan fingerprint density at radius 3 is 2.48 bits per heavy atom. The van der Waals surface area contributed by atoms with E-state index < -0.39 is 0 Å². The number of phenolic OH excluding ortho intramolecular Hbond substituents is 1. The molecule has 0 atom stereocenters. The Bertz CT molecular complexity index is 983. The topological polar surface area (TPSA) is 51.5 Å². The van der Waals surface area contributed by atoms with E-state index in [1.54, 1.807) is 13.0 Å². The van der Waals surface area contributed by atoms with E-state index in [1.807, 2.05) is 30.7 Å². The van der Waals surface area contributed by atoms with E-state index in [0.717, 1.165) is 22.3 Å². The van der Waals surface area contributed by atoms with Crippen molar-refractivity contribution >= 4 is 16.9 Å². The number of carbonyl (C=O) groups excluding carboxylic acids is 1. The van der Waals surface area contributed by atoms with Crippen LogP contribution in [0.1, 0.15) is 34.1 Å². The number of aromatic nitrogens is 1. The van der Waals surface area contributed by atoms with Crippen molar-refractivity contribution < 1.29 is 14.6 Å². The van der Waals surface area contributed by atoms with Crippen molar-refractivity contribution in [1.29, 1.82) is 0 Å². The van der Waals surface area contributed by atoms with Crippen LogP contribution < -0.4 is 0 Å². The third-order valence-electron chi connectivity index (χ3n) is 4.91. The molecule has 1 aromatic heterocycles. The number of ether oxygens (including phenoxy) is 1. The normalized spacial score (nSPS) is 11.1. The molecule has 4 heteroatoms. The highest BCUT2D eigenvalue weighted by Crippen LogP contribution is 2.37. The molecule has 3 aromatic rings. The standard InChI is InChI=1S/C21H23NO3/c1-6-25-21(24)20-14(4)22(5)18-10-16(19(23)11-17(18)20)15-8-7-12(2)13(3)9-15/h7-11,23H,6H2,1-5H3. The maximum absolute atomic E-state index is 12.3. The number of carbonyl (C=O) groups is 1. The number of nitrogens with zero attached hydrogens (tertiary/aromatic N) is 1. The number of esters is 1. The number of phenols is 1. The second-order valence-corrected chi connectivity index (χ2v) is 6.43. The van der Waals surface area contributed by atoms with Crippen molar-refractivity contribution in [2.75, 3.05) is 6.61 Å². The van der Waals surface area contributed by atoms with Gasteiger partial charge in [-0.05, 0) is 56.5 Å². The van der Waals surface area contributed by atoms with Crippen LogP contribution in [-0.4, -0.2) is 22.2 Å². The van der Waals surface area contributed by atoms with Gasteiger partial charge >= 0.3 is 5.97 Å². The van der Waals surface area contributed by atoms with Gasteiger partial charge in [0.15, 0.2) is 0 Å². The SMILES string of the molecule is CCOC(=O)c1c(C)n(C)c2cc(-c3ccc(C)c(C)c3)c(O)cc12. The minimum absolute atomic E-state index is 0.159. The van der Waals surface area contributed by atoms with Gasteiger partial charge in [0.05, 0.1) is 12.2 Å². The zero-order valence-electron chi connectivity index (χ0n) is 15.3. The van der Waals surface area contributed by atoms with Gasteiger partial charge in [0.25, 0.3) is 0 Å². The highest BCUT2D eigenvalue weighted by molar-refractivity contribution is 6.07. The van der Waals surface area contributed by atoms with Crippen LogP contribution in [0.2, 0.25) is 0 Å². The molecule has 130 valence electrons. The Morgan fingerprint density at radius 2 is 1.84 bits per heavy atom. The summed E-state index contributed by atoms with van der Waals surface area (Å²) < 4.78 is 7.14. The Balaban J connectivity index is 2.25. The van der Waals surface area contributed by atoms with Crippen LogP contribution in [0.5, 0.6) is 5.75 Å². The summed E-state index contributed by atoms with van der Waals surface area (Å²) in [5.41, 5.74) is 6.33. The monoisotopic (exact) mass is 337 g/mol. The molecule has 0 saturated heterocycles. The van der Waals surface area contributed by atoms with Crippen LogP contribution in [0.25, 0.3) is 22.0 Å². The van der Waals surface area contributed by atoms with Gasteiger partial charge in [-0.25, -0.2) is 4.79 Å². The van der Waals surface area contributed by atoms with Crippen LogP contribution in [0.3, 0.4) is 0 Å². The first-order chi connectivity index (χ1) is 11.8. The molecule has 1 N–H and O–H groups in total. The van der Waals surface area contributed by atoms with Gasteiger partial charge in [-0.15, -0.1) is 0 Å². The smallest absolute Gasteiger partial charge is 0.340 e.